The van der Waals surface area contributed by atoms with Gasteiger partial charge < -0.3 is 0 Å². The third-order valence-corrected chi connectivity index (χ3v) is 0.281. The van der Waals surface area contributed by atoms with Crippen molar-refractivity contribution >= 4 is 0 Å². The molecule has 6 heavy (non-hydrogen) atoms. The second-order valence-corrected chi connectivity index (χ2v) is 0.680. The number of hydrogen-bond donors (Lipinski definition) is 0. The van der Waals surface area contributed by atoms with Crippen molar-refractivity contribution in [3.63, 3.8) is 0 Å². The minimum absolute atomic E-state index is 0.484. The summed E-state index contributed by atoms with van der Waals surface area (Å²) in [4.78, 5) is 0. The Morgan fingerprint density at radius 3 is 2.67 bits per heavy atom. The van der Waals surface area contributed by atoms with Gasteiger partial charge in [-0.1, -0.05) is 11.5 Å². The van der Waals surface area contributed by atoms with Crippen molar-refractivity contribution in [2.24, 2.45) is 0 Å². The van der Waals surface area contributed by atoms with E-state index in [-0.39, 0.29) is 0 Å². The van der Waals surface area contributed by atoms with Crippen LogP contribution in [0, 0.1) is 0 Å². The van der Waals surface area contributed by atoms with Crippen LogP contribution in [0.2, 0.25) is 0 Å². The lowest BCUT2D eigenvalue weighted by Crippen LogP contribution is -1.51. The molecule has 0 unspecified atom stereocenters. The van der Waals surface area contributed by atoms with Crippen LogP contribution in [0.1, 0.15) is 0 Å². The molecule has 1 heteroatoms. The topological polar surface area (TPSA) is 0 Å². The largest absolute Gasteiger partial charge is 0.246 e. The highest BCUT2D eigenvalue weighted by molar-refractivity contribution is 4.79. The molecule has 0 aromatic heterocycles. The highest BCUT2D eigenvalue weighted by Crippen LogP contribution is 1.63. The quantitative estimate of drug-likeness (QED) is 0.422. The van der Waals surface area contributed by atoms with Crippen LogP contribution in [-0.2, 0) is 0 Å². The average Bonchev–Trinajstić information content (AvgIpc) is 1.61. The van der Waals surface area contributed by atoms with Crippen molar-refractivity contribution in [3.05, 3.63) is 24.1 Å². The molecule has 0 amide bonds. The maximum atomic E-state index is 11.0. The Kier molecular flexibility index (Phi) is 3.69. The normalized spacial score (nSPS) is 5.50. The summed E-state index contributed by atoms with van der Waals surface area (Å²) in [5.41, 5.74) is 4.61. The Hall–Kier alpha value is -0.770. The van der Waals surface area contributed by atoms with Gasteiger partial charge in [0.2, 0.25) is 0 Å². The molecule has 0 fully saturated rings. The molecule has 0 aliphatic rings. The second kappa shape index (κ2) is 4.23. The number of allylic oxidation sites excluding steroid dienone is 1. The monoisotopic (exact) mass is 84.0 g/mol. The van der Waals surface area contributed by atoms with E-state index in [1.54, 1.807) is 0 Å². The first-order valence-electron chi connectivity index (χ1n) is 1.57. The summed E-state index contributed by atoms with van der Waals surface area (Å²) in [6.45, 7) is 2.68. The summed E-state index contributed by atoms with van der Waals surface area (Å²) in [5.74, 6) is 0. The summed E-state index contributed by atoms with van der Waals surface area (Å²) >= 11 is 0. The van der Waals surface area contributed by atoms with Crippen LogP contribution in [0.15, 0.2) is 24.1 Å². The van der Waals surface area contributed by atoms with Crippen LogP contribution in [0.3, 0.4) is 0 Å². The summed E-state index contributed by atoms with van der Waals surface area (Å²) in [5, 5.41) is 0. The molecule has 0 aromatic rings. The molecule has 0 heterocycles. The highest BCUT2D eigenvalue weighted by Gasteiger charge is 1.55. The Labute approximate surface area is 36.3 Å². The van der Waals surface area contributed by atoms with E-state index >= 15 is 0 Å². The predicted molar refractivity (Wildman–Crippen MR) is 23.2 cm³/mol. The maximum Gasteiger partial charge on any atom is 0.116 e. The van der Waals surface area contributed by atoms with Gasteiger partial charge in [0.1, 0.15) is 6.67 Å². The average molecular weight is 84.1 g/mol. The van der Waals surface area contributed by atoms with E-state index in [4.69, 9.17) is 0 Å². The SMILES string of the molecule is C=C=C=CCF. The summed E-state index contributed by atoms with van der Waals surface area (Å²) in [6.07, 6.45) is 1.22. The molecule has 0 spiro atoms. The minimum Gasteiger partial charge on any atom is -0.246 e. The summed E-state index contributed by atoms with van der Waals surface area (Å²) < 4.78 is 11.0. The molecule has 0 radical (unpaired) electrons. The lowest BCUT2D eigenvalue weighted by Gasteiger charge is -1.56. The maximum absolute atomic E-state index is 11.0. The number of alkyl halides is 1. The lowest BCUT2D eigenvalue weighted by atomic mass is 10.6. The smallest absolute Gasteiger partial charge is 0.116 e. The van der Waals surface area contributed by atoms with Gasteiger partial charge in [-0.2, -0.15) is 0 Å². The first-order chi connectivity index (χ1) is 2.91. The van der Waals surface area contributed by atoms with Gasteiger partial charge in [0.25, 0.3) is 0 Å². The number of halogens is 1. The van der Waals surface area contributed by atoms with E-state index in [1.807, 2.05) is 0 Å². The van der Waals surface area contributed by atoms with E-state index in [0.29, 0.717) is 0 Å². The van der Waals surface area contributed by atoms with Gasteiger partial charge in [-0.15, -0.1) is 0 Å². The van der Waals surface area contributed by atoms with E-state index < -0.39 is 6.67 Å². The molecule has 0 aliphatic heterocycles. The third kappa shape index (κ3) is 3.23. The molecular weight excluding hydrogens is 79.1 g/mol. The fraction of sp³-hybridized carbons (Fsp3) is 0.200. The van der Waals surface area contributed by atoms with Crippen molar-refractivity contribution in [3.8, 4) is 0 Å². The zero-order valence-corrected chi connectivity index (χ0v) is 3.37. The van der Waals surface area contributed by atoms with Crippen molar-refractivity contribution in [1.29, 1.82) is 0 Å². The van der Waals surface area contributed by atoms with Crippen LogP contribution in [0.5, 0.6) is 0 Å². The molecule has 0 bridgehead atoms. The molecule has 0 saturated carbocycles. The van der Waals surface area contributed by atoms with E-state index in [0.717, 1.165) is 0 Å². The molecule has 0 aliphatic carbocycles. The molecule has 0 atom stereocenters. The lowest BCUT2D eigenvalue weighted by molar-refractivity contribution is 0.562. The van der Waals surface area contributed by atoms with Gasteiger partial charge in [-0.3, -0.25) is 0 Å². The van der Waals surface area contributed by atoms with E-state index in [9.17, 15) is 4.39 Å². The minimum atomic E-state index is -0.484. The fourth-order valence-electron chi connectivity index (χ4n) is 0.111. The van der Waals surface area contributed by atoms with Gasteiger partial charge in [0.05, 0.1) is 0 Å². The standard InChI is InChI=1S/C5H5F/c1-2-3-4-5-6/h4H,1,5H2. The molecule has 0 N–H and O–H groups in total. The Balaban J connectivity index is 3.47. The Morgan fingerprint density at radius 1 is 1.83 bits per heavy atom. The fourth-order valence-corrected chi connectivity index (χ4v) is 0.111. The summed E-state index contributed by atoms with van der Waals surface area (Å²) in [7, 11) is 0. The van der Waals surface area contributed by atoms with Gasteiger partial charge >= 0.3 is 0 Å². The Bertz CT molecular complexity index is 92.5. The number of hydrogen-bond acceptors (Lipinski definition) is 0. The zero-order valence-electron chi connectivity index (χ0n) is 3.37. The van der Waals surface area contributed by atoms with Gasteiger partial charge in [0.15, 0.2) is 0 Å². The van der Waals surface area contributed by atoms with Gasteiger partial charge in [-0.05, 0) is 12.7 Å². The van der Waals surface area contributed by atoms with Crippen LogP contribution in [0.4, 0.5) is 4.39 Å². The predicted octanol–water partition coefficient (Wildman–Crippen LogP) is 1.45. The van der Waals surface area contributed by atoms with Crippen LogP contribution < -0.4 is 0 Å². The van der Waals surface area contributed by atoms with Crippen molar-refractivity contribution in [2.75, 3.05) is 6.67 Å². The zero-order chi connectivity index (χ0) is 4.83. The number of rotatable bonds is 1. The van der Waals surface area contributed by atoms with Crippen molar-refractivity contribution < 1.29 is 4.39 Å². The molecule has 0 nitrogen and oxygen atoms in total. The molecule has 0 aromatic carbocycles. The first-order valence-corrected chi connectivity index (χ1v) is 1.57. The third-order valence-electron chi connectivity index (χ3n) is 0.281. The van der Waals surface area contributed by atoms with Crippen LogP contribution >= 0.6 is 0 Å². The van der Waals surface area contributed by atoms with Gasteiger partial charge in [-0.25, -0.2) is 4.39 Å². The van der Waals surface area contributed by atoms with Crippen molar-refractivity contribution in [1.82, 2.24) is 0 Å². The van der Waals surface area contributed by atoms with E-state index in [2.05, 4.69) is 18.0 Å². The molecule has 0 saturated heterocycles. The van der Waals surface area contributed by atoms with Crippen molar-refractivity contribution in [2.45, 2.75) is 0 Å². The molecule has 0 rings (SSSR count). The second-order valence-electron chi connectivity index (χ2n) is 0.680. The van der Waals surface area contributed by atoms with Crippen LogP contribution in [0.25, 0.3) is 0 Å². The van der Waals surface area contributed by atoms with Gasteiger partial charge in [0, 0.05) is 0 Å². The van der Waals surface area contributed by atoms with Crippen LogP contribution in [-0.4, -0.2) is 6.67 Å². The summed E-state index contributed by atoms with van der Waals surface area (Å²) in [6, 6.07) is 0. The highest BCUT2D eigenvalue weighted by atomic mass is 19.1. The molecular formula is C5H5F. The Morgan fingerprint density at radius 2 is 2.50 bits per heavy atom. The van der Waals surface area contributed by atoms with E-state index in [1.165, 1.54) is 6.08 Å². The first kappa shape index (κ1) is 5.23. The molecule has 32 valence electrons.